The van der Waals surface area contributed by atoms with Crippen LogP contribution in [0.4, 0.5) is 24.7 Å². The van der Waals surface area contributed by atoms with Crippen molar-refractivity contribution in [2.75, 3.05) is 11.1 Å². The number of hydrogen-bond acceptors (Lipinski definition) is 5. The molecule has 0 radical (unpaired) electrons. The van der Waals surface area contributed by atoms with E-state index in [1.807, 2.05) is 0 Å². The Morgan fingerprint density at radius 3 is 2.58 bits per heavy atom. The number of hydrogen-bond donors (Lipinski definition) is 2. The summed E-state index contributed by atoms with van der Waals surface area (Å²) in [7, 11) is 0. The average molecular weight is 382 g/mol. The van der Waals surface area contributed by atoms with Crippen molar-refractivity contribution in [2.45, 2.75) is 26.1 Å². The van der Waals surface area contributed by atoms with E-state index in [9.17, 15) is 13.2 Å². The monoisotopic (exact) mass is 381 g/mol. The molecule has 0 aliphatic rings. The van der Waals surface area contributed by atoms with Gasteiger partial charge in [0.1, 0.15) is 16.8 Å². The quantitative estimate of drug-likeness (QED) is 0.505. The van der Waals surface area contributed by atoms with Gasteiger partial charge in [-0.25, -0.2) is 15.0 Å². The number of halogens is 4. The first kappa shape index (κ1) is 18.2. The Hall–Kier alpha value is -2.61. The summed E-state index contributed by atoms with van der Waals surface area (Å²) in [6.07, 6.45) is -2.95. The number of alkyl halides is 3. The number of rotatable bonds is 3. The number of fused-ring (bicyclic) bond motifs is 1. The zero-order valence-electron chi connectivity index (χ0n) is 13.9. The topological polar surface area (TPSA) is 76.7 Å². The molecule has 26 heavy (non-hydrogen) atoms. The molecule has 3 rings (SSSR count). The first-order chi connectivity index (χ1) is 12.1. The Morgan fingerprint density at radius 1 is 1.15 bits per heavy atom. The number of benzene rings is 1. The van der Waals surface area contributed by atoms with Crippen LogP contribution in [0, 0.1) is 6.92 Å². The fourth-order valence-corrected chi connectivity index (χ4v) is 2.77. The molecule has 5 nitrogen and oxygen atoms in total. The van der Waals surface area contributed by atoms with E-state index in [1.165, 1.54) is 12.3 Å². The molecule has 0 saturated carbocycles. The van der Waals surface area contributed by atoms with Crippen LogP contribution in [-0.4, -0.2) is 15.0 Å². The van der Waals surface area contributed by atoms with Gasteiger partial charge in [0.25, 0.3) is 0 Å². The molecule has 1 aromatic carbocycles. The van der Waals surface area contributed by atoms with Crippen LogP contribution >= 0.6 is 11.6 Å². The third kappa shape index (κ3) is 3.80. The zero-order chi connectivity index (χ0) is 19.1. The lowest BCUT2D eigenvalue weighted by atomic mass is 10.0. The molecular weight excluding hydrogens is 367 g/mol. The highest BCUT2D eigenvalue weighted by Gasteiger charge is 2.31. The molecule has 136 valence electrons. The lowest BCUT2D eigenvalue weighted by Gasteiger charge is -2.19. The fraction of sp³-hybridized carbons (Fsp3) is 0.235. The predicted octanol–water partition coefficient (Wildman–Crippen LogP) is 4.76. The number of nitrogens with one attached hydrogen (secondary N) is 1. The van der Waals surface area contributed by atoms with Crippen LogP contribution in [0.15, 0.2) is 30.5 Å². The van der Waals surface area contributed by atoms with Gasteiger partial charge >= 0.3 is 6.18 Å². The van der Waals surface area contributed by atoms with Gasteiger partial charge in [0.15, 0.2) is 0 Å². The van der Waals surface area contributed by atoms with Crippen LogP contribution in [0.1, 0.15) is 29.9 Å². The minimum absolute atomic E-state index is 0.0412. The molecule has 0 fully saturated rings. The van der Waals surface area contributed by atoms with Crippen LogP contribution in [0.3, 0.4) is 0 Å². The second kappa shape index (κ2) is 6.60. The van der Waals surface area contributed by atoms with Gasteiger partial charge in [0.05, 0.1) is 23.3 Å². The van der Waals surface area contributed by atoms with E-state index in [-0.39, 0.29) is 10.8 Å². The normalized spacial score (nSPS) is 13.0. The standard InChI is InChI=1S/C17H15ClF3N5/c1-8(10-3-11(17(19,20)21)5-12(22)4-10)24-16-13-6-15(18)23-7-14(13)25-9(2)26-16/h3-8H,22H2,1-2H3,(H,24,25,26)/t8-/m1/s1. The minimum atomic E-state index is -4.47. The Labute approximate surface area is 152 Å². The summed E-state index contributed by atoms with van der Waals surface area (Å²) >= 11 is 5.94. The van der Waals surface area contributed by atoms with Crippen molar-refractivity contribution in [2.24, 2.45) is 0 Å². The Morgan fingerprint density at radius 2 is 1.88 bits per heavy atom. The van der Waals surface area contributed by atoms with Crippen molar-refractivity contribution in [1.82, 2.24) is 15.0 Å². The van der Waals surface area contributed by atoms with E-state index in [0.29, 0.717) is 28.1 Å². The van der Waals surface area contributed by atoms with Gasteiger partial charge < -0.3 is 11.1 Å². The molecule has 0 unspecified atom stereocenters. The van der Waals surface area contributed by atoms with E-state index in [0.717, 1.165) is 12.1 Å². The molecule has 0 bridgehead atoms. The van der Waals surface area contributed by atoms with Crippen molar-refractivity contribution in [3.63, 3.8) is 0 Å². The Kier molecular flexibility index (Phi) is 4.62. The number of pyridine rings is 1. The van der Waals surface area contributed by atoms with E-state index >= 15 is 0 Å². The maximum absolute atomic E-state index is 13.0. The highest BCUT2D eigenvalue weighted by molar-refractivity contribution is 6.30. The first-order valence-electron chi connectivity index (χ1n) is 7.67. The number of anilines is 2. The van der Waals surface area contributed by atoms with Gasteiger partial charge in [0, 0.05) is 11.1 Å². The molecule has 0 aliphatic carbocycles. The fourth-order valence-electron chi connectivity index (χ4n) is 2.61. The second-order valence-electron chi connectivity index (χ2n) is 5.90. The largest absolute Gasteiger partial charge is 0.416 e. The molecule has 0 saturated heterocycles. The van der Waals surface area contributed by atoms with Crippen molar-refractivity contribution >= 4 is 34.0 Å². The molecule has 2 aromatic heterocycles. The number of aromatic nitrogens is 3. The van der Waals surface area contributed by atoms with Gasteiger partial charge in [0.2, 0.25) is 0 Å². The summed E-state index contributed by atoms with van der Waals surface area (Å²) in [5, 5.41) is 4.01. The highest BCUT2D eigenvalue weighted by atomic mass is 35.5. The smallest absolute Gasteiger partial charge is 0.399 e. The molecule has 0 amide bonds. The summed E-state index contributed by atoms with van der Waals surface area (Å²) in [4.78, 5) is 12.6. The van der Waals surface area contributed by atoms with E-state index in [4.69, 9.17) is 17.3 Å². The zero-order valence-corrected chi connectivity index (χ0v) is 14.7. The molecule has 9 heteroatoms. The molecule has 2 heterocycles. The van der Waals surface area contributed by atoms with Crippen molar-refractivity contribution < 1.29 is 13.2 Å². The molecular formula is C17H15ClF3N5. The molecule has 0 aliphatic heterocycles. The third-order valence-electron chi connectivity index (χ3n) is 3.82. The second-order valence-corrected chi connectivity index (χ2v) is 6.28. The van der Waals surface area contributed by atoms with E-state index < -0.39 is 17.8 Å². The van der Waals surface area contributed by atoms with Crippen molar-refractivity contribution in [3.8, 4) is 0 Å². The lowest BCUT2D eigenvalue weighted by Crippen LogP contribution is -2.12. The maximum Gasteiger partial charge on any atom is 0.416 e. The Bertz CT molecular complexity index is 975. The Balaban J connectivity index is 2.01. The van der Waals surface area contributed by atoms with Crippen LogP contribution in [0.25, 0.3) is 10.9 Å². The van der Waals surface area contributed by atoms with Crippen LogP contribution in [-0.2, 0) is 6.18 Å². The molecule has 3 N–H and O–H groups in total. The molecule has 0 spiro atoms. The summed E-state index contributed by atoms with van der Waals surface area (Å²) in [6, 6.07) is 4.60. The minimum Gasteiger partial charge on any atom is -0.399 e. The highest BCUT2D eigenvalue weighted by Crippen LogP contribution is 2.34. The summed E-state index contributed by atoms with van der Waals surface area (Å²) < 4.78 is 39.1. The van der Waals surface area contributed by atoms with Crippen LogP contribution < -0.4 is 11.1 Å². The number of nitrogens with zero attached hydrogens (tertiary/aromatic N) is 3. The van der Waals surface area contributed by atoms with Crippen LogP contribution in [0.2, 0.25) is 5.15 Å². The maximum atomic E-state index is 13.0. The SMILES string of the molecule is Cc1nc(N[C@H](C)c2cc(N)cc(C(F)(F)F)c2)c2cc(Cl)ncc2n1. The lowest BCUT2D eigenvalue weighted by molar-refractivity contribution is -0.137. The van der Waals surface area contributed by atoms with E-state index in [2.05, 4.69) is 20.3 Å². The van der Waals surface area contributed by atoms with Crippen LogP contribution in [0.5, 0.6) is 0 Å². The van der Waals surface area contributed by atoms with Gasteiger partial charge in [-0.3, -0.25) is 0 Å². The van der Waals surface area contributed by atoms with Crippen molar-refractivity contribution in [3.05, 3.63) is 52.6 Å². The number of nitrogen functional groups attached to an aromatic ring is 1. The number of aryl methyl sites for hydroxylation is 1. The molecule has 1 atom stereocenters. The predicted molar refractivity (Wildman–Crippen MR) is 95.0 cm³/mol. The summed E-state index contributed by atoms with van der Waals surface area (Å²) in [5.41, 5.74) is 5.86. The van der Waals surface area contributed by atoms with Gasteiger partial charge in [-0.2, -0.15) is 13.2 Å². The number of nitrogens with two attached hydrogens (primary N) is 1. The van der Waals surface area contributed by atoms with Gasteiger partial charge in [-0.15, -0.1) is 0 Å². The molecule has 3 aromatic rings. The van der Waals surface area contributed by atoms with E-state index in [1.54, 1.807) is 19.9 Å². The van der Waals surface area contributed by atoms with Crippen molar-refractivity contribution in [1.29, 1.82) is 0 Å². The van der Waals surface area contributed by atoms with Gasteiger partial charge in [-0.1, -0.05) is 11.6 Å². The summed E-state index contributed by atoms with van der Waals surface area (Å²) in [6.45, 7) is 3.44. The third-order valence-corrected chi connectivity index (χ3v) is 4.03. The first-order valence-corrected chi connectivity index (χ1v) is 8.05. The average Bonchev–Trinajstić information content (AvgIpc) is 2.54. The van der Waals surface area contributed by atoms with Gasteiger partial charge in [-0.05, 0) is 43.7 Å². The summed E-state index contributed by atoms with van der Waals surface area (Å²) in [5.74, 6) is 0.958.